The van der Waals surface area contributed by atoms with Crippen LogP contribution in [0.15, 0.2) is 39.5 Å². The Labute approximate surface area is 77.0 Å². The molecule has 0 saturated carbocycles. The van der Waals surface area contributed by atoms with E-state index in [-0.39, 0.29) is 5.63 Å². The van der Waals surface area contributed by atoms with Gasteiger partial charge in [-0.05, 0) is 0 Å². The predicted molar refractivity (Wildman–Crippen MR) is 47.9 cm³/mol. The quantitative estimate of drug-likeness (QED) is 0.484. The molecule has 0 aliphatic heterocycles. The Balaban J connectivity index is 2.99. The summed E-state index contributed by atoms with van der Waals surface area (Å²) in [5.41, 5.74) is 0.307. The third kappa shape index (κ3) is 1.17. The van der Waals surface area contributed by atoms with Gasteiger partial charge in [-0.25, -0.2) is 0 Å². The number of hydrogen-bond donors (Lipinski definition) is 0. The molecule has 0 fully saturated rings. The van der Waals surface area contributed by atoms with Crippen LogP contribution in [0.1, 0.15) is 0 Å². The zero-order valence-corrected chi connectivity index (χ0v) is 7.82. The Bertz CT molecular complexity index is 473. The van der Waals surface area contributed by atoms with Gasteiger partial charge in [-0.1, -0.05) is 0 Å². The molecule has 2 aromatic rings. The molecule has 12 heavy (non-hydrogen) atoms. The van der Waals surface area contributed by atoms with Gasteiger partial charge < -0.3 is 0 Å². The SMILES string of the molecule is O=c1cc([Se])c2ccccc2o1. The second kappa shape index (κ2) is 2.77. The van der Waals surface area contributed by atoms with Crippen molar-refractivity contribution in [3.8, 4) is 0 Å². The maximum atomic E-state index is 10.9. The standard InChI is InChI=1S/C9H5O2Se/c10-9-5-8(12)6-3-1-2-4-7(6)11-9/h1-5H. The van der Waals surface area contributed by atoms with E-state index in [1.807, 2.05) is 18.2 Å². The van der Waals surface area contributed by atoms with Gasteiger partial charge >= 0.3 is 76.6 Å². The number of rotatable bonds is 0. The van der Waals surface area contributed by atoms with Crippen molar-refractivity contribution in [3.63, 3.8) is 0 Å². The van der Waals surface area contributed by atoms with E-state index in [0.29, 0.717) is 5.58 Å². The molecule has 0 aliphatic carbocycles. The predicted octanol–water partition coefficient (Wildman–Crippen LogP) is 0.587. The number of fused-ring (bicyclic) bond motifs is 1. The van der Waals surface area contributed by atoms with Gasteiger partial charge in [0.1, 0.15) is 0 Å². The molecule has 0 aliphatic rings. The first-order valence-corrected chi connectivity index (χ1v) is 4.33. The molecule has 1 aromatic heterocycles. The van der Waals surface area contributed by atoms with Crippen molar-refractivity contribution in [1.29, 1.82) is 0 Å². The summed E-state index contributed by atoms with van der Waals surface area (Å²) in [4.78, 5) is 10.9. The van der Waals surface area contributed by atoms with Crippen LogP contribution in [0, 0.1) is 0 Å². The van der Waals surface area contributed by atoms with Crippen molar-refractivity contribution in [2.75, 3.05) is 0 Å². The summed E-state index contributed by atoms with van der Waals surface area (Å²) in [6, 6.07) is 8.87. The normalized spacial score (nSPS) is 10.3. The summed E-state index contributed by atoms with van der Waals surface area (Å²) in [5.74, 6) is 0. The molecule has 1 heterocycles. The fourth-order valence-corrected chi connectivity index (χ4v) is 1.64. The molecule has 1 radical (unpaired) electrons. The minimum atomic E-state index is -0.317. The van der Waals surface area contributed by atoms with Crippen LogP contribution in [-0.4, -0.2) is 16.0 Å². The zero-order valence-electron chi connectivity index (χ0n) is 6.11. The number of hydrogen-bond acceptors (Lipinski definition) is 2. The Morgan fingerprint density at radius 1 is 1.25 bits per heavy atom. The summed E-state index contributed by atoms with van der Waals surface area (Å²) in [6.45, 7) is 0. The van der Waals surface area contributed by atoms with E-state index in [2.05, 4.69) is 16.0 Å². The van der Waals surface area contributed by atoms with Crippen LogP contribution < -0.4 is 10.1 Å². The van der Waals surface area contributed by atoms with Gasteiger partial charge in [0.15, 0.2) is 0 Å². The molecule has 0 unspecified atom stereocenters. The molecule has 2 rings (SSSR count). The van der Waals surface area contributed by atoms with Gasteiger partial charge in [-0.2, -0.15) is 0 Å². The molecule has 0 spiro atoms. The molecule has 59 valence electrons. The van der Waals surface area contributed by atoms with E-state index in [4.69, 9.17) is 4.42 Å². The third-order valence-corrected chi connectivity index (χ3v) is 2.32. The summed E-state index contributed by atoms with van der Waals surface area (Å²) >= 11 is 2.83. The summed E-state index contributed by atoms with van der Waals surface area (Å²) in [7, 11) is 0. The van der Waals surface area contributed by atoms with Gasteiger partial charge in [0.2, 0.25) is 0 Å². The van der Waals surface area contributed by atoms with Crippen molar-refractivity contribution in [3.05, 3.63) is 40.8 Å². The van der Waals surface area contributed by atoms with Crippen molar-refractivity contribution >= 4 is 31.4 Å². The van der Waals surface area contributed by atoms with Crippen LogP contribution in [-0.2, 0) is 0 Å². The minimum absolute atomic E-state index is 0.317. The Kier molecular flexibility index (Phi) is 1.75. The molecule has 2 nitrogen and oxygen atoms in total. The van der Waals surface area contributed by atoms with Gasteiger partial charge in [0.25, 0.3) is 0 Å². The molecule has 1 aromatic carbocycles. The fraction of sp³-hybridized carbons (Fsp3) is 0. The van der Waals surface area contributed by atoms with E-state index in [1.54, 1.807) is 6.07 Å². The molecule has 3 heteroatoms. The molecular formula is C9H5O2Se. The van der Waals surface area contributed by atoms with Crippen molar-refractivity contribution in [1.82, 2.24) is 0 Å². The summed E-state index contributed by atoms with van der Waals surface area (Å²) in [5, 5.41) is 0.942. The first-order valence-electron chi connectivity index (χ1n) is 3.47. The fourth-order valence-electron chi connectivity index (χ4n) is 1.08. The van der Waals surface area contributed by atoms with Gasteiger partial charge in [-0.15, -0.1) is 0 Å². The van der Waals surface area contributed by atoms with Crippen molar-refractivity contribution in [2.24, 2.45) is 0 Å². The average Bonchev–Trinajstić information content (AvgIpc) is 2.04. The summed E-state index contributed by atoms with van der Waals surface area (Å²) in [6.07, 6.45) is 0. The van der Waals surface area contributed by atoms with Crippen LogP contribution >= 0.6 is 0 Å². The van der Waals surface area contributed by atoms with Crippen molar-refractivity contribution < 1.29 is 4.42 Å². The van der Waals surface area contributed by atoms with Gasteiger partial charge in [0.05, 0.1) is 0 Å². The van der Waals surface area contributed by atoms with E-state index >= 15 is 0 Å². The van der Waals surface area contributed by atoms with E-state index < -0.39 is 0 Å². The monoisotopic (exact) mass is 225 g/mol. The second-order valence-electron chi connectivity index (χ2n) is 2.43. The Morgan fingerprint density at radius 3 is 2.83 bits per heavy atom. The zero-order chi connectivity index (χ0) is 8.55. The van der Waals surface area contributed by atoms with Gasteiger partial charge in [-0.3, -0.25) is 0 Å². The maximum absolute atomic E-state index is 10.9. The van der Waals surface area contributed by atoms with Crippen LogP contribution in [0.4, 0.5) is 0 Å². The van der Waals surface area contributed by atoms with Crippen LogP contribution in [0.3, 0.4) is 0 Å². The number of benzene rings is 1. The first kappa shape index (κ1) is 7.59. The Morgan fingerprint density at radius 2 is 2.00 bits per heavy atom. The molecule has 0 amide bonds. The first-order chi connectivity index (χ1) is 5.77. The van der Waals surface area contributed by atoms with E-state index in [0.717, 1.165) is 9.85 Å². The van der Waals surface area contributed by atoms with Crippen molar-refractivity contribution in [2.45, 2.75) is 0 Å². The number of para-hydroxylation sites is 1. The molecule has 0 saturated heterocycles. The summed E-state index contributed by atoms with van der Waals surface area (Å²) < 4.78 is 5.80. The molecule has 0 bridgehead atoms. The average molecular weight is 224 g/mol. The van der Waals surface area contributed by atoms with Crippen LogP contribution in [0.5, 0.6) is 0 Å². The molecule has 0 atom stereocenters. The molecule has 0 N–H and O–H groups in total. The van der Waals surface area contributed by atoms with Gasteiger partial charge in [0, 0.05) is 0 Å². The van der Waals surface area contributed by atoms with Crippen LogP contribution in [0.25, 0.3) is 11.0 Å². The van der Waals surface area contributed by atoms with E-state index in [9.17, 15) is 4.79 Å². The molecular weight excluding hydrogens is 219 g/mol. The van der Waals surface area contributed by atoms with Crippen LogP contribution in [0.2, 0.25) is 0 Å². The Hall–Kier alpha value is -1.05. The topological polar surface area (TPSA) is 30.2 Å². The third-order valence-electron chi connectivity index (χ3n) is 1.61. The second-order valence-corrected chi connectivity index (χ2v) is 3.35. The van der Waals surface area contributed by atoms with E-state index in [1.165, 1.54) is 6.07 Å².